The van der Waals surface area contributed by atoms with E-state index in [1.54, 1.807) is 13.0 Å². The van der Waals surface area contributed by atoms with Crippen LogP contribution in [0, 0.1) is 12.7 Å². The molecule has 0 spiro atoms. The number of fused-ring (bicyclic) bond motifs is 1. The van der Waals surface area contributed by atoms with Crippen LogP contribution in [0.1, 0.15) is 22.8 Å². The molecular formula is C17H16F2O4S. The Labute approximate surface area is 138 Å². The summed E-state index contributed by atoms with van der Waals surface area (Å²) in [7, 11) is -3.63. The molecule has 0 saturated heterocycles. The van der Waals surface area contributed by atoms with E-state index < -0.39 is 27.9 Å². The van der Waals surface area contributed by atoms with Gasteiger partial charge < -0.3 is 9.84 Å². The van der Waals surface area contributed by atoms with Crippen LogP contribution in [0.4, 0.5) is 8.78 Å². The van der Waals surface area contributed by atoms with Crippen molar-refractivity contribution in [2.24, 2.45) is 0 Å². The molecule has 0 aliphatic heterocycles. The number of rotatable bonds is 3. The minimum atomic E-state index is -3.63. The molecule has 1 aliphatic rings. The molecule has 2 aromatic rings. The van der Waals surface area contributed by atoms with Crippen molar-refractivity contribution in [3.63, 3.8) is 0 Å². The van der Waals surface area contributed by atoms with Gasteiger partial charge in [-0.2, -0.15) is 0 Å². The van der Waals surface area contributed by atoms with Gasteiger partial charge in [0.05, 0.1) is 4.90 Å². The standard InChI is InChI=1S/C17H16F2O4S/c1-9-5-10(18)7-11(6-9)23-14-3-4-15(24(2,21)22)16-12(14)8-13(19)17(16)20/h3-7,13,17,20H,8H2,1-2H3/t13-,17-/m1/s1. The van der Waals surface area contributed by atoms with E-state index in [1.807, 2.05) is 0 Å². The number of ether oxygens (including phenoxy) is 1. The fourth-order valence-electron chi connectivity index (χ4n) is 2.95. The maximum Gasteiger partial charge on any atom is 0.175 e. The molecule has 2 aromatic carbocycles. The number of aliphatic hydroxyl groups excluding tert-OH is 1. The second-order valence-electron chi connectivity index (χ2n) is 5.96. The number of aliphatic hydroxyl groups is 1. The molecule has 1 aliphatic carbocycles. The monoisotopic (exact) mass is 354 g/mol. The summed E-state index contributed by atoms with van der Waals surface area (Å²) in [5.74, 6) is -0.0435. The quantitative estimate of drug-likeness (QED) is 0.919. The Balaban J connectivity index is 2.11. The van der Waals surface area contributed by atoms with Gasteiger partial charge in [-0.05, 0) is 36.8 Å². The Morgan fingerprint density at radius 3 is 2.58 bits per heavy atom. The zero-order valence-electron chi connectivity index (χ0n) is 13.1. The normalized spacial score (nSPS) is 20.0. The number of benzene rings is 2. The lowest BCUT2D eigenvalue weighted by Crippen LogP contribution is -2.10. The lowest BCUT2D eigenvalue weighted by atomic mass is 10.1. The topological polar surface area (TPSA) is 63.6 Å². The second kappa shape index (κ2) is 5.82. The Bertz CT molecular complexity index is 889. The van der Waals surface area contributed by atoms with Crippen molar-refractivity contribution in [1.29, 1.82) is 0 Å². The number of halogens is 2. The lowest BCUT2D eigenvalue weighted by molar-refractivity contribution is 0.0907. The maximum atomic E-state index is 14.0. The van der Waals surface area contributed by atoms with Crippen molar-refractivity contribution < 1.29 is 27.0 Å². The average molecular weight is 354 g/mol. The predicted molar refractivity (Wildman–Crippen MR) is 84.3 cm³/mol. The molecule has 2 atom stereocenters. The van der Waals surface area contributed by atoms with Crippen LogP contribution in [0.15, 0.2) is 35.2 Å². The molecular weight excluding hydrogens is 338 g/mol. The van der Waals surface area contributed by atoms with E-state index in [2.05, 4.69) is 0 Å². The van der Waals surface area contributed by atoms with E-state index in [0.29, 0.717) is 11.1 Å². The highest BCUT2D eigenvalue weighted by Gasteiger charge is 2.37. The molecule has 0 amide bonds. The van der Waals surface area contributed by atoms with Crippen molar-refractivity contribution >= 4 is 9.84 Å². The van der Waals surface area contributed by atoms with E-state index in [-0.39, 0.29) is 28.4 Å². The Hall–Kier alpha value is -1.99. The van der Waals surface area contributed by atoms with E-state index in [4.69, 9.17) is 4.74 Å². The van der Waals surface area contributed by atoms with Crippen LogP contribution in [-0.2, 0) is 16.3 Å². The number of hydrogen-bond donors (Lipinski definition) is 1. The number of sulfone groups is 1. The first-order valence-electron chi connectivity index (χ1n) is 7.30. The second-order valence-corrected chi connectivity index (χ2v) is 7.94. The molecule has 0 saturated carbocycles. The van der Waals surface area contributed by atoms with Gasteiger partial charge in [0.15, 0.2) is 9.84 Å². The van der Waals surface area contributed by atoms with E-state index in [1.165, 1.54) is 24.3 Å². The zero-order chi connectivity index (χ0) is 17.6. The van der Waals surface area contributed by atoms with Crippen molar-refractivity contribution in [3.8, 4) is 11.5 Å². The molecule has 0 fully saturated rings. The molecule has 4 nitrogen and oxygen atoms in total. The maximum absolute atomic E-state index is 14.0. The number of hydrogen-bond acceptors (Lipinski definition) is 4. The zero-order valence-corrected chi connectivity index (χ0v) is 13.9. The Kier molecular flexibility index (Phi) is 4.09. The molecule has 1 N–H and O–H groups in total. The van der Waals surface area contributed by atoms with Gasteiger partial charge in [-0.15, -0.1) is 0 Å². The van der Waals surface area contributed by atoms with Crippen LogP contribution < -0.4 is 4.74 Å². The predicted octanol–water partition coefficient (Wildman–Crippen LogP) is 3.26. The third kappa shape index (κ3) is 3.01. The third-order valence-electron chi connectivity index (χ3n) is 3.95. The average Bonchev–Trinajstić information content (AvgIpc) is 2.74. The highest BCUT2D eigenvalue weighted by molar-refractivity contribution is 7.90. The molecule has 7 heteroatoms. The molecule has 0 radical (unpaired) electrons. The molecule has 128 valence electrons. The van der Waals surface area contributed by atoms with E-state index in [0.717, 1.165) is 6.26 Å². The summed E-state index contributed by atoms with van der Waals surface area (Å²) in [4.78, 5) is -0.118. The van der Waals surface area contributed by atoms with Crippen LogP contribution >= 0.6 is 0 Å². The van der Waals surface area contributed by atoms with Crippen molar-refractivity contribution in [2.45, 2.75) is 30.5 Å². The minimum absolute atomic E-state index is 0.0237. The van der Waals surface area contributed by atoms with Crippen molar-refractivity contribution in [2.75, 3.05) is 6.26 Å². The smallest absolute Gasteiger partial charge is 0.175 e. The fourth-order valence-corrected chi connectivity index (χ4v) is 3.91. The number of alkyl halides is 1. The first kappa shape index (κ1) is 16.9. The highest BCUT2D eigenvalue weighted by Crippen LogP contribution is 2.43. The first-order chi connectivity index (χ1) is 11.2. The van der Waals surface area contributed by atoms with Gasteiger partial charge in [0, 0.05) is 29.9 Å². The molecule has 0 bridgehead atoms. The van der Waals surface area contributed by atoms with Gasteiger partial charge in [0.2, 0.25) is 0 Å². The van der Waals surface area contributed by atoms with Crippen LogP contribution in [0.25, 0.3) is 0 Å². The van der Waals surface area contributed by atoms with Crippen LogP contribution in [-0.4, -0.2) is 26.0 Å². The summed E-state index contributed by atoms with van der Waals surface area (Å²) in [6, 6.07) is 6.81. The Morgan fingerprint density at radius 1 is 1.25 bits per heavy atom. The highest BCUT2D eigenvalue weighted by atomic mass is 32.2. The molecule has 0 heterocycles. The third-order valence-corrected chi connectivity index (χ3v) is 5.11. The number of aryl methyl sites for hydroxylation is 1. The SMILES string of the molecule is Cc1cc(F)cc(Oc2ccc(S(C)(=O)=O)c3c2C[C@@H](F)[C@H]3O)c1. The fraction of sp³-hybridized carbons (Fsp3) is 0.294. The van der Waals surface area contributed by atoms with E-state index in [9.17, 15) is 22.3 Å². The summed E-state index contributed by atoms with van der Waals surface area (Å²) in [5.41, 5.74) is 0.966. The molecule has 3 rings (SSSR count). The lowest BCUT2D eigenvalue weighted by Gasteiger charge is -2.15. The summed E-state index contributed by atoms with van der Waals surface area (Å²) in [5, 5.41) is 10.0. The minimum Gasteiger partial charge on any atom is -0.457 e. The summed E-state index contributed by atoms with van der Waals surface area (Å²) < 4.78 is 56.8. The first-order valence-corrected chi connectivity index (χ1v) is 9.19. The van der Waals surface area contributed by atoms with E-state index >= 15 is 0 Å². The van der Waals surface area contributed by atoms with Gasteiger partial charge in [-0.25, -0.2) is 17.2 Å². The van der Waals surface area contributed by atoms with Crippen molar-refractivity contribution in [1.82, 2.24) is 0 Å². The largest absolute Gasteiger partial charge is 0.457 e. The van der Waals surface area contributed by atoms with Crippen molar-refractivity contribution in [3.05, 3.63) is 52.8 Å². The molecule has 0 unspecified atom stereocenters. The van der Waals surface area contributed by atoms with Gasteiger partial charge in [-0.3, -0.25) is 0 Å². The van der Waals surface area contributed by atoms with Crippen LogP contribution in [0.5, 0.6) is 11.5 Å². The van der Waals surface area contributed by atoms with Gasteiger partial charge >= 0.3 is 0 Å². The van der Waals surface area contributed by atoms with Crippen LogP contribution in [0.2, 0.25) is 0 Å². The van der Waals surface area contributed by atoms with Gasteiger partial charge in [0.1, 0.15) is 29.6 Å². The summed E-state index contributed by atoms with van der Waals surface area (Å²) in [6.07, 6.45) is -2.30. The molecule has 24 heavy (non-hydrogen) atoms. The summed E-state index contributed by atoms with van der Waals surface area (Å²) in [6.45, 7) is 1.70. The summed E-state index contributed by atoms with van der Waals surface area (Å²) >= 11 is 0. The van der Waals surface area contributed by atoms with Gasteiger partial charge in [-0.1, -0.05) is 0 Å². The molecule has 0 aromatic heterocycles. The van der Waals surface area contributed by atoms with Gasteiger partial charge in [0.25, 0.3) is 0 Å². The van der Waals surface area contributed by atoms with Crippen LogP contribution in [0.3, 0.4) is 0 Å². The Morgan fingerprint density at radius 2 is 1.96 bits per heavy atom.